The smallest absolute Gasteiger partial charge is 0.309 e. The molecule has 3 aromatic rings. The number of pyridine rings is 1. The van der Waals surface area contributed by atoms with Gasteiger partial charge < -0.3 is 5.11 Å². The Balaban J connectivity index is 2.15. The molecule has 19 heavy (non-hydrogen) atoms. The SMILES string of the molecule is O=C(O)Cc1cn2cncc(-c3cccnc3)c2n1. The van der Waals surface area contributed by atoms with Gasteiger partial charge in [-0.3, -0.25) is 14.2 Å². The summed E-state index contributed by atoms with van der Waals surface area (Å²) >= 11 is 0. The summed E-state index contributed by atoms with van der Waals surface area (Å²) in [4.78, 5) is 23.3. The van der Waals surface area contributed by atoms with Gasteiger partial charge in [0.15, 0.2) is 0 Å². The summed E-state index contributed by atoms with van der Waals surface area (Å²) in [6.45, 7) is 0. The van der Waals surface area contributed by atoms with E-state index in [0.717, 1.165) is 11.1 Å². The van der Waals surface area contributed by atoms with E-state index in [2.05, 4.69) is 15.0 Å². The number of fused-ring (bicyclic) bond motifs is 1. The van der Waals surface area contributed by atoms with Gasteiger partial charge >= 0.3 is 5.97 Å². The summed E-state index contributed by atoms with van der Waals surface area (Å²) in [5.74, 6) is -0.903. The second kappa shape index (κ2) is 4.49. The first kappa shape index (κ1) is 11.3. The minimum absolute atomic E-state index is 0.103. The van der Waals surface area contributed by atoms with E-state index in [4.69, 9.17) is 5.11 Å². The molecule has 6 nitrogen and oxygen atoms in total. The fourth-order valence-electron chi connectivity index (χ4n) is 1.93. The highest BCUT2D eigenvalue weighted by Crippen LogP contribution is 2.22. The third kappa shape index (κ3) is 2.15. The predicted octanol–water partition coefficient (Wildman–Crippen LogP) is 1.42. The Bertz CT molecular complexity index is 737. The van der Waals surface area contributed by atoms with Gasteiger partial charge in [0.2, 0.25) is 0 Å². The quantitative estimate of drug-likeness (QED) is 0.764. The van der Waals surface area contributed by atoms with Crippen LogP contribution in [0.15, 0.2) is 43.2 Å². The number of hydrogen-bond acceptors (Lipinski definition) is 4. The van der Waals surface area contributed by atoms with Crippen LogP contribution >= 0.6 is 0 Å². The number of aromatic nitrogens is 4. The van der Waals surface area contributed by atoms with Gasteiger partial charge in [-0.1, -0.05) is 6.07 Å². The molecule has 0 unspecified atom stereocenters. The van der Waals surface area contributed by atoms with Crippen LogP contribution in [0.2, 0.25) is 0 Å². The number of aliphatic carboxylic acids is 1. The van der Waals surface area contributed by atoms with Gasteiger partial charge in [-0.15, -0.1) is 0 Å². The van der Waals surface area contributed by atoms with E-state index >= 15 is 0 Å². The van der Waals surface area contributed by atoms with Crippen molar-refractivity contribution < 1.29 is 9.90 Å². The highest BCUT2D eigenvalue weighted by molar-refractivity contribution is 5.77. The lowest BCUT2D eigenvalue weighted by Gasteiger charge is -2.01. The maximum absolute atomic E-state index is 10.7. The van der Waals surface area contributed by atoms with Gasteiger partial charge in [-0.25, -0.2) is 9.97 Å². The van der Waals surface area contributed by atoms with Crippen LogP contribution < -0.4 is 0 Å². The molecular weight excluding hydrogens is 244 g/mol. The molecule has 0 amide bonds. The summed E-state index contributed by atoms with van der Waals surface area (Å²) in [7, 11) is 0. The lowest BCUT2D eigenvalue weighted by Crippen LogP contribution is -1.99. The van der Waals surface area contributed by atoms with E-state index in [1.54, 1.807) is 35.5 Å². The Labute approximate surface area is 108 Å². The molecule has 1 N–H and O–H groups in total. The van der Waals surface area contributed by atoms with Crippen LogP contribution in [0.4, 0.5) is 0 Å². The molecule has 0 aliphatic heterocycles. The zero-order valence-electron chi connectivity index (χ0n) is 9.89. The lowest BCUT2D eigenvalue weighted by atomic mass is 10.1. The molecule has 0 saturated carbocycles. The zero-order valence-corrected chi connectivity index (χ0v) is 9.89. The summed E-state index contributed by atoms with van der Waals surface area (Å²) in [5.41, 5.74) is 2.91. The van der Waals surface area contributed by atoms with Gasteiger partial charge in [-0.2, -0.15) is 0 Å². The standard InChI is InChI=1S/C13H10N4O2/c18-12(19)4-10-7-17-8-15-6-11(13(17)16-10)9-2-1-3-14-5-9/h1-3,5-8H,4H2,(H,18,19). The van der Waals surface area contributed by atoms with Crippen molar-refractivity contribution in [2.24, 2.45) is 0 Å². The van der Waals surface area contributed by atoms with Crippen molar-refractivity contribution in [3.05, 3.63) is 48.9 Å². The largest absolute Gasteiger partial charge is 0.481 e. The Kier molecular flexibility index (Phi) is 2.68. The average molecular weight is 254 g/mol. The molecule has 94 valence electrons. The summed E-state index contributed by atoms with van der Waals surface area (Å²) in [6.07, 6.45) is 8.29. The van der Waals surface area contributed by atoms with Crippen LogP contribution in [-0.4, -0.2) is 30.4 Å². The maximum atomic E-state index is 10.7. The van der Waals surface area contributed by atoms with Crippen molar-refractivity contribution in [3.63, 3.8) is 0 Å². The molecule has 0 aliphatic rings. The van der Waals surface area contributed by atoms with E-state index in [9.17, 15) is 4.79 Å². The summed E-state index contributed by atoms with van der Waals surface area (Å²) < 4.78 is 1.72. The monoisotopic (exact) mass is 254 g/mol. The van der Waals surface area contributed by atoms with Crippen LogP contribution in [0.1, 0.15) is 5.69 Å². The molecule has 0 spiro atoms. The van der Waals surface area contributed by atoms with E-state index in [1.807, 2.05) is 12.1 Å². The van der Waals surface area contributed by atoms with Crippen LogP contribution in [0, 0.1) is 0 Å². The number of carboxylic acids is 1. The molecule has 3 rings (SSSR count). The van der Waals surface area contributed by atoms with Crippen molar-refractivity contribution in [2.75, 3.05) is 0 Å². The van der Waals surface area contributed by atoms with Gasteiger partial charge in [0, 0.05) is 35.9 Å². The van der Waals surface area contributed by atoms with Crippen LogP contribution in [0.3, 0.4) is 0 Å². The third-order valence-corrected chi connectivity index (χ3v) is 2.72. The second-order valence-electron chi connectivity index (χ2n) is 4.08. The van der Waals surface area contributed by atoms with Crippen molar-refractivity contribution >= 4 is 11.6 Å². The fourth-order valence-corrected chi connectivity index (χ4v) is 1.93. The first-order valence-corrected chi connectivity index (χ1v) is 5.68. The average Bonchev–Trinajstić information content (AvgIpc) is 2.80. The van der Waals surface area contributed by atoms with Gasteiger partial charge in [-0.05, 0) is 6.07 Å². The topological polar surface area (TPSA) is 80.4 Å². The highest BCUT2D eigenvalue weighted by atomic mass is 16.4. The molecule has 0 aromatic carbocycles. The zero-order chi connectivity index (χ0) is 13.2. The van der Waals surface area contributed by atoms with Crippen molar-refractivity contribution in [1.82, 2.24) is 19.4 Å². The van der Waals surface area contributed by atoms with Crippen LogP contribution in [0.5, 0.6) is 0 Å². The van der Waals surface area contributed by atoms with E-state index in [1.165, 1.54) is 0 Å². The molecule has 0 atom stereocenters. The summed E-state index contributed by atoms with van der Waals surface area (Å²) in [6, 6.07) is 3.75. The maximum Gasteiger partial charge on any atom is 0.309 e. The van der Waals surface area contributed by atoms with Crippen molar-refractivity contribution in [2.45, 2.75) is 6.42 Å². The van der Waals surface area contributed by atoms with Gasteiger partial charge in [0.1, 0.15) is 12.0 Å². The molecular formula is C13H10N4O2. The van der Waals surface area contributed by atoms with Crippen LogP contribution in [0.25, 0.3) is 16.8 Å². The Morgan fingerprint density at radius 2 is 2.21 bits per heavy atom. The fraction of sp³-hybridized carbons (Fsp3) is 0.0769. The number of rotatable bonds is 3. The molecule has 3 aromatic heterocycles. The van der Waals surface area contributed by atoms with E-state index in [0.29, 0.717) is 11.3 Å². The minimum atomic E-state index is -0.903. The number of carbonyl (C=O) groups is 1. The number of nitrogens with zero attached hydrogens (tertiary/aromatic N) is 4. The molecule has 0 fully saturated rings. The van der Waals surface area contributed by atoms with Gasteiger partial charge in [0.25, 0.3) is 0 Å². The molecule has 0 saturated heterocycles. The first-order valence-electron chi connectivity index (χ1n) is 5.68. The minimum Gasteiger partial charge on any atom is -0.481 e. The number of carboxylic acid groups (broad SMARTS) is 1. The van der Waals surface area contributed by atoms with E-state index in [-0.39, 0.29) is 6.42 Å². The van der Waals surface area contributed by atoms with Crippen molar-refractivity contribution in [3.8, 4) is 11.1 Å². The number of imidazole rings is 1. The Morgan fingerprint density at radius 3 is 2.95 bits per heavy atom. The predicted molar refractivity (Wildman–Crippen MR) is 67.6 cm³/mol. The highest BCUT2D eigenvalue weighted by Gasteiger charge is 2.10. The molecule has 6 heteroatoms. The Hall–Kier alpha value is -2.76. The van der Waals surface area contributed by atoms with Gasteiger partial charge in [0.05, 0.1) is 12.1 Å². The molecule has 0 aliphatic carbocycles. The number of hydrogen-bond donors (Lipinski definition) is 1. The molecule has 0 bridgehead atoms. The first-order chi connectivity index (χ1) is 9.24. The molecule has 3 heterocycles. The normalized spacial score (nSPS) is 10.7. The second-order valence-corrected chi connectivity index (χ2v) is 4.08. The third-order valence-electron chi connectivity index (χ3n) is 2.72. The lowest BCUT2D eigenvalue weighted by molar-refractivity contribution is -0.136. The molecule has 0 radical (unpaired) electrons. The van der Waals surface area contributed by atoms with Crippen LogP contribution in [-0.2, 0) is 11.2 Å². The Morgan fingerprint density at radius 1 is 1.32 bits per heavy atom. The van der Waals surface area contributed by atoms with E-state index < -0.39 is 5.97 Å². The van der Waals surface area contributed by atoms with Crippen molar-refractivity contribution in [1.29, 1.82) is 0 Å². The summed E-state index contributed by atoms with van der Waals surface area (Å²) in [5, 5.41) is 8.80.